The summed E-state index contributed by atoms with van der Waals surface area (Å²) in [6.07, 6.45) is 8.57. The van der Waals surface area contributed by atoms with E-state index in [4.69, 9.17) is 0 Å². The average molecular weight is 412 g/mol. The van der Waals surface area contributed by atoms with Crippen molar-refractivity contribution in [1.29, 1.82) is 0 Å². The number of benzene rings is 1. The summed E-state index contributed by atoms with van der Waals surface area (Å²) < 4.78 is 0. The number of carbonyl (C=O) groups excluding carboxylic acids is 2. The molecule has 0 radical (unpaired) electrons. The summed E-state index contributed by atoms with van der Waals surface area (Å²) in [6.45, 7) is 7.00. The van der Waals surface area contributed by atoms with Crippen LogP contribution in [0, 0.1) is 18.8 Å². The molecule has 1 N–H and O–H groups in total. The normalized spacial score (nSPS) is 23.6. The van der Waals surface area contributed by atoms with Crippen LogP contribution in [0.15, 0.2) is 24.3 Å². The number of hydrogen-bond acceptors (Lipinski definition) is 3. The van der Waals surface area contributed by atoms with Gasteiger partial charge in [0.15, 0.2) is 0 Å². The molecule has 4 rings (SSSR count). The molecule has 0 bridgehead atoms. The third-order valence-electron chi connectivity index (χ3n) is 7.50. The highest BCUT2D eigenvalue weighted by atomic mass is 16.2. The van der Waals surface area contributed by atoms with Gasteiger partial charge in [-0.25, -0.2) is 0 Å². The van der Waals surface area contributed by atoms with Crippen LogP contribution >= 0.6 is 0 Å². The lowest BCUT2D eigenvalue weighted by molar-refractivity contribution is -0.139. The monoisotopic (exact) mass is 411 g/mol. The SMILES string of the molecule is Cc1ccccc1CCN1CCC(CN(C(=O)C2CNC(=O)C2)C2CCCC2)CC1. The second kappa shape index (κ2) is 9.95. The summed E-state index contributed by atoms with van der Waals surface area (Å²) in [4.78, 5) is 29.6. The molecule has 2 amide bonds. The Labute approximate surface area is 181 Å². The summed E-state index contributed by atoms with van der Waals surface area (Å²) in [7, 11) is 0. The molecule has 1 atom stereocenters. The van der Waals surface area contributed by atoms with Gasteiger partial charge in [0, 0.05) is 32.1 Å². The maximum atomic E-state index is 13.2. The van der Waals surface area contributed by atoms with Crippen LogP contribution in [-0.4, -0.2) is 60.4 Å². The van der Waals surface area contributed by atoms with Gasteiger partial charge in [0.25, 0.3) is 0 Å². The lowest BCUT2D eigenvalue weighted by Crippen LogP contribution is -2.47. The van der Waals surface area contributed by atoms with E-state index in [1.54, 1.807) is 0 Å². The Hall–Kier alpha value is -1.88. The van der Waals surface area contributed by atoms with Crippen molar-refractivity contribution in [3.63, 3.8) is 0 Å². The van der Waals surface area contributed by atoms with E-state index in [2.05, 4.69) is 46.3 Å². The second-order valence-corrected chi connectivity index (χ2v) is 9.60. The van der Waals surface area contributed by atoms with Crippen molar-refractivity contribution in [2.24, 2.45) is 11.8 Å². The number of rotatable bonds is 7. The van der Waals surface area contributed by atoms with Gasteiger partial charge in [0.05, 0.1) is 5.92 Å². The summed E-state index contributed by atoms with van der Waals surface area (Å²) in [5, 5.41) is 2.84. The highest BCUT2D eigenvalue weighted by Gasteiger charge is 2.36. The van der Waals surface area contributed by atoms with Gasteiger partial charge in [0.1, 0.15) is 0 Å². The summed E-state index contributed by atoms with van der Waals surface area (Å²) in [6, 6.07) is 9.09. The van der Waals surface area contributed by atoms with Crippen LogP contribution in [0.1, 0.15) is 56.1 Å². The standard InChI is InChI=1S/C25H37N3O2/c1-19-6-2-3-7-21(19)12-15-27-13-10-20(11-14-27)18-28(23-8-4-5-9-23)25(30)22-16-24(29)26-17-22/h2-3,6-7,20,22-23H,4-5,8-18H2,1H3,(H,26,29). The van der Waals surface area contributed by atoms with Gasteiger partial charge in [-0.3, -0.25) is 9.59 Å². The topological polar surface area (TPSA) is 52.6 Å². The molecule has 5 heteroatoms. The maximum Gasteiger partial charge on any atom is 0.228 e. The fourth-order valence-corrected chi connectivity index (χ4v) is 5.49. The number of nitrogens with zero attached hydrogens (tertiary/aromatic N) is 2. The number of hydrogen-bond donors (Lipinski definition) is 1. The summed E-state index contributed by atoms with van der Waals surface area (Å²) >= 11 is 0. The fourth-order valence-electron chi connectivity index (χ4n) is 5.49. The number of likely N-dealkylation sites (tertiary alicyclic amines) is 1. The molecule has 0 spiro atoms. The summed E-state index contributed by atoms with van der Waals surface area (Å²) in [5.74, 6) is 0.700. The quantitative estimate of drug-likeness (QED) is 0.750. The molecular formula is C25H37N3O2. The zero-order valence-corrected chi connectivity index (χ0v) is 18.4. The van der Waals surface area contributed by atoms with Gasteiger partial charge in [-0.15, -0.1) is 0 Å². The van der Waals surface area contributed by atoms with E-state index >= 15 is 0 Å². The van der Waals surface area contributed by atoms with Gasteiger partial charge in [-0.2, -0.15) is 0 Å². The molecule has 5 nitrogen and oxygen atoms in total. The van der Waals surface area contributed by atoms with Crippen molar-refractivity contribution in [3.8, 4) is 0 Å². The fraction of sp³-hybridized carbons (Fsp3) is 0.680. The van der Waals surface area contributed by atoms with Crippen LogP contribution in [0.5, 0.6) is 0 Å². The maximum absolute atomic E-state index is 13.2. The van der Waals surface area contributed by atoms with Crippen LogP contribution < -0.4 is 5.32 Å². The highest BCUT2D eigenvalue weighted by Crippen LogP contribution is 2.29. The van der Waals surface area contributed by atoms with Crippen molar-refractivity contribution >= 4 is 11.8 Å². The smallest absolute Gasteiger partial charge is 0.228 e. The van der Waals surface area contributed by atoms with E-state index in [-0.39, 0.29) is 17.7 Å². The predicted molar refractivity (Wildman–Crippen MR) is 119 cm³/mol. The van der Waals surface area contributed by atoms with E-state index in [1.807, 2.05) is 0 Å². The number of aryl methyl sites for hydroxylation is 1. The molecular weight excluding hydrogens is 374 g/mol. The van der Waals surface area contributed by atoms with Gasteiger partial charge < -0.3 is 15.1 Å². The Bertz CT molecular complexity index is 736. The number of amides is 2. The largest absolute Gasteiger partial charge is 0.355 e. The van der Waals surface area contributed by atoms with Gasteiger partial charge in [-0.05, 0) is 69.2 Å². The summed E-state index contributed by atoms with van der Waals surface area (Å²) in [5.41, 5.74) is 2.84. The van der Waals surface area contributed by atoms with E-state index in [0.717, 1.165) is 45.4 Å². The minimum absolute atomic E-state index is 0.0293. The van der Waals surface area contributed by atoms with E-state index < -0.39 is 0 Å². The highest BCUT2D eigenvalue weighted by molar-refractivity contribution is 5.89. The predicted octanol–water partition coefficient (Wildman–Crippen LogP) is 3.16. The molecule has 30 heavy (non-hydrogen) atoms. The van der Waals surface area contributed by atoms with Crippen LogP contribution in [-0.2, 0) is 16.0 Å². The zero-order chi connectivity index (χ0) is 20.9. The molecule has 2 heterocycles. The van der Waals surface area contributed by atoms with Crippen molar-refractivity contribution in [3.05, 3.63) is 35.4 Å². The molecule has 3 fully saturated rings. The number of carbonyl (C=O) groups is 2. The first-order valence-electron chi connectivity index (χ1n) is 11.9. The first-order valence-corrected chi connectivity index (χ1v) is 11.9. The lowest BCUT2D eigenvalue weighted by atomic mass is 9.94. The van der Waals surface area contributed by atoms with Crippen molar-refractivity contribution < 1.29 is 9.59 Å². The Balaban J connectivity index is 1.28. The molecule has 164 valence electrons. The molecule has 1 aliphatic carbocycles. The Morgan fingerprint density at radius 3 is 2.53 bits per heavy atom. The minimum atomic E-state index is -0.146. The lowest BCUT2D eigenvalue weighted by Gasteiger charge is -2.38. The van der Waals surface area contributed by atoms with Crippen LogP contribution in [0.3, 0.4) is 0 Å². The molecule has 1 aromatic rings. The second-order valence-electron chi connectivity index (χ2n) is 9.60. The number of piperidine rings is 1. The first-order chi connectivity index (χ1) is 14.6. The van der Waals surface area contributed by atoms with E-state index in [0.29, 0.717) is 24.9 Å². The number of nitrogens with one attached hydrogen (secondary N) is 1. The van der Waals surface area contributed by atoms with Crippen LogP contribution in [0.25, 0.3) is 0 Å². The zero-order valence-electron chi connectivity index (χ0n) is 18.4. The molecule has 1 unspecified atom stereocenters. The molecule has 2 saturated heterocycles. The Kier molecular flexibility index (Phi) is 7.08. The van der Waals surface area contributed by atoms with Gasteiger partial charge in [-0.1, -0.05) is 37.1 Å². The van der Waals surface area contributed by atoms with Crippen LogP contribution in [0.4, 0.5) is 0 Å². The molecule has 2 aliphatic heterocycles. The van der Waals surface area contributed by atoms with E-state index in [9.17, 15) is 9.59 Å². The molecule has 1 saturated carbocycles. The molecule has 0 aromatic heterocycles. The minimum Gasteiger partial charge on any atom is -0.355 e. The Morgan fingerprint density at radius 2 is 1.87 bits per heavy atom. The van der Waals surface area contributed by atoms with Crippen LogP contribution in [0.2, 0.25) is 0 Å². The average Bonchev–Trinajstić information content (AvgIpc) is 3.44. The molecule has 3 aliphatic rings. The van der Waals surface area contributed by atoms with Crippen molar-refractivity contribution in [2.75, 3.05) is 32.7 Å². The van der Waals surface area contributed by atoms with Crippen molar-refractivity contribution in [2.45, 2.75) is 64.3 Å². The Morgan fingerprint density at radius 1 is 1.13 bits per heavy atom. The van der Waals surface area contributed by atoms with Gasteiger partial charge >= 0.3 is 0 Å². The first kappa shape index (κ1) is 21.4. The van der Waals surface area contributed by atoms with Gasteiger partial charge in [0.2, 0.25) is 11.8 Å². The molecule has 1 aromatic carbocycles. The van der Waals surface area contributed by atoms with E-state index in [1.165, 1.54) is 36.8 Å². The third kappa shape index (κ3) is 5.23. The van der Waals surface area contributed by atoms with Crippen molar-refractivity contribution in [1.82, 2.24) is 15.1 Å². The third-order valence-corrected chi connectivity index (χ3v) is 7.50.